The number of hydrogen-bond donors (Lipinski definition) is 1. The van der Waals surface area contributed by atoms with Gasteiger partial charge in [-0.2, -0.15) is 5.26 Å². The van der Waals surface area contributed by atoms with Crippen LogP contribution in [0, 0.1) is 23.5 Å². The van der Waals surface area contributed by atoms with Crippen LogP contribution in [0.4, 0.5) is 0 Å². The number of phenols is 1. The quantitative estimate of drug-likeness (QED) is 0.794. The molecule has 0 aliphatic heterocycles. The molecule has 0 aliphatic carbocycles. The maximum Gasteiger partial charge on any atom is 0.133 e. The zero-order valence-corrected chi connectivity index (χ0v) is 9.84. The van der Waals surface area contributed by atoms with E-state index in [9.17, 15) is 5.11 Å². The number of thiocyanates is 1. The first-order chi connectivity index (χ1) is 7.13. The zero-order chi connectivity index (χ0) is 11.3. The average molecular weight is 221 g/mol. The molecule has 0 radical (unpaired) electrons. The largest absolute Gasteiger partial charge is 0.508 e. The molecule has 1 unspecified atom stereocenters. The van der Waals surface area contributed by atoms with E-state index in [2.05, 4.69) is 12.3 Å². The summed E-state index contributed by atoms with van der Waals surface area (Å²) < 4.78 is 0. The number of benzene rings is 1. The monoisotopic (exact) mass is 221 g/mol. The van der Waals surface area contributed by atoms with Gasteiger partial charge >= 0.3 is 0 Å². The topological polar surface area (TPSA) is 44.0 Å². The van der Waals surface area contributed by atoms with E-state index in [1.165, 1.54) is 11.8 Å². The lowest BCUT2D eigenvalue weighted by molar-refractivity contribution is 0.463. The Bertz CT molecular complexity index is 370. The standard InChI is InChI=1S/C12H15NOS/c1-9-3-4-12(14)11(5-9)6-10(2)7-15-8-13/h3-5,10,14H,6-7H2,1-2H3. The summed E-state index contributed by atoms with van der Waals surface area (Å²) >= 11 is 1.27. The van der Waals surface area contributed by atoms with E-state index in [0.29, 0.717) is 11.7 Å². The van der Waals surface area contributed by atoms with Gasteiger partial charge in [0.2, 0.25) is 0 Å². The molecule has 0 aliphatic rings. The van der Waals surface area contributed by atoms with Gasteiger partial charge in [0.05, 0.1) is 0 Å². The Labute approximate surface area is 94.9 Å². The molecule has 15 heavy (non-hydrogen) atoms. The fourth-order valence-corrected chi connectivity index (χ4v) is 1.97. The van der Waals surface area contributed by atoms with E-state index in [1.807, 2.05) is 19.1 Å². The number of rotatable bonds is 4. The van der Waals surface area contributed by atoms with E-state index in [4.69, 9.17) is 5.26 Å². The number of nitrogens with zero attached hydrogens (tertiary/aromatic N) is 1. The van der Waals surface area contributed by atoms with Crippen molar-refractivity contribution >= 4 is 11.8 Å². The van der Waals surface area contributed by atoms with Gasteiger partial charge in [-0.05, 0) is 42.7 Å². The van der Waals surface area contributed by atoms with Crippen molar-refractivity contribution < 1.29 is 5.11 Å². The lowest BCUT2D eigenvalue weighted by atomic mass is 10.0. The fraction of sp³-hybridized carbons (Fsp3) is 0.417. The molecule has 1 rings (SSSR count). The van der Waals surface area contributed by atoms with Gasteiger partial charge in [-0.15, -0.1) is 0 Å². The van der Waals surface area contributed by atoms with Crippen molar-refractivity contribution in [3.63, 3.8) is 0 Å². The summed E-state index contributed by atoms with van der Waals surface area (Å²) in [6.07, 6.45) is 0.822. The Kier molecular flexibility index (Phi) is 4.51. The van der Waals surface area contributed by atoms with Crippen LogP contribution in [-0.2, 0) is 6.42 Å². The van der Waals surface area contributed by atoms with Gasteiger partial charge in [0.15, 0.2) is 0 Å². The highest BCUT2D eigenvalue weighted by atomic mass is 32.2. The van der Waals surface area contributed by atoms with Crippen LogP contribution in [0.2, 0.25) is 0 Å². The molecule has 0 bridgehead atoms. The normalized spacial score (nSPS) is 12.1. The third-order valence-electron chi connectivity index (χ3n) is 2.24. The number of hydrogen-bond acceptors (Lipinski definition) is 3. The van der Waals surface area contributed by atoms with E-state index in [1.54, 1.807) is 6.07 Å². The summed E-state index contributed by atoms with van der Waals surface area (Å²) in [5.41, 5.74) is 2.13. The number of thioether (sulfide) groups is 1. The first-order valence-corrected chi connectivity index (χ1v) is 5.91. The summed E-state index contributed by atoms with van der Waals surface area (Å²) in [4.78, 5) is 0. The van der Waals surface area contributed by atoms with Gasteiger partial charge < -0.3 is 5.11 Å². The molecule has 1 atom stereocenters. The highest BCUT2D eigenvalue weighted by Crippen LogP contribution is 2.22. The minimum Gasteiger partial charge on any atom is -0.508 e. The van der Waals surface area contributed by atoms with Gasteiger partial charge in [0.25, 0.3) is 0 Å². The first-order valence-electron chi connectivity index (χ1n) is 4.93. The molecule has 0 saturated carbocycles. The SMILES string of the molecule is Cc1ccc(O)c(CC(C)CSC#N)c1. The molecule has 0 amide bonds. The smallest absolute Gasteiger partial charge is 0.133 e. The fourth-order valence-electron chi connectivity index (χ4n) is 1.49. The molecule has 1 N–H and O–H groups in total. The predicted octanol–water partition coefficient (Wildman–Crippen LogP) is 3.09. The molecule has 0 spiro atoms. The molecule has 3 heteroatoms. The molecule has 0 heterocycles. The molecule has 1 aromatic rings. The third-order valence-corrected chi connectivity index (χ3v) is 3.10. The summed E-state index contributed by atoms with van der Waals surface area (Å²) in [6.45, 7) is 4.10. The zero-order valence-electron chi connectivity index (χ0n) is 9.03. The highest BCUT2D eigenvalue weighted by Gasteiger charge is 2.07. The first kappa shape index (κ1) is 11.9. The molecule has 0 fully saturated rings. The molecule has 80 valence electrons. The van der Waals surface area contributed by atoms with E-state index in [-0.39, 0.29) is 0 Å². The summed E-state index contributed by atoms with van der Waals surface area (Å²) in [6, 6.07) is 5.63. The van der Waals surface area contributed by atoms with Crippen molar-refractivity contribution in [1.82, 2.24) is 0 Å². The minimum absolute atomic E-state index is 0.356. The van der Waals surface area contributed by atoms with Gasteiger partial charge in [-0.25, -0.2) is 0 Å². The molecular weight excluding hydrogens is 206 g/mol. The van der Waals surface area contributed by atoms with Gasteiger partial charge in [-0.3, -0.25) is 0 Å². The second-order valence-corrected chi connectivity index (χ2v) is 4.65. The third kappa shape index (κ3) is 3.85. The summed E-state index contributed by atoms with van der Waals surface area (Å²) in [7, 11) is 0. The van der Waals surface area contributed by atoms with Gasteiger partial charge in [0, 0.05) is 5.75 Å². The van der Waals surface area contributed by atoms with Crippen molar-refractivity contribution in [3.8, 4) is 11.2 Å². The molecule has 2 nitrogen and oxygen atoms in total. The lowest BCUT2D eigenvalue weighted by Gasteiger charge is -2.10. The van der Waals surface area contributed by atoms with E-state index >= 15 is 0 Å². The van der Waals surface area contributed by atoms with Gasteiger partial charge in [0.1, 0.15) is 11.2 Å². The van der Waals surface area contributed by atoms with Crippen molar-refractivity contribution in [1.29, 1.82) is 5.26 Å². The van der Waals surface area contributed by atoms with E-state index < -0.39 is 0 Å². The van der Waals surface area contributed by atoms with Crippen LogP contribution in [0.15, 0.2) is 18.2 Å². The van der Waals surface area contributed by atoms with Crippen LogP contribution >= 0.6 is 11.8 Å². The minimum atomic E-state index is 0.356. The van der Waals surface area contributed by atoms with Crippen molar-refractivity contribution in [3.05, 3.63) is 29.3 Å². The van der Waals surface area contributed by atoms with Gasteiger partial charge in [-0.1, -0.05) is 24.6 Å². The lowest BCUT2D eigenvalue weighted by Crippen LogP contribution is -2.02. The Morgan fingerprint density at radius 1 is 1.53 bits per heavy atom. The van der Waals surface area contributed by atoms with Crippen molar-refractivity contribution in [2.75, 3.05) is 5.75 Å². The molecule has 0 aromatic heterocycles. The maximum atomic E-state index is 9.64. The second kappa shape index (κ2) is 5.67. The Balaban J connectivity index is 2.64. The number of phenolic OH excluding ortho intramolecular Hbond substituents is 1. The van der Waals surface area contributed by atoms with Crippen LogP contribution < -0.4 is 0 Å². The average Bonchev–Trinajstić information content (AvgIpc) is 2.20. The van der Waals surface area contributed by atoms with Crippen LogP contribution in [0.1, 0.15) is 18.1 Å². The van der Waals surface area contributed by atoms with Crippen LogP contribution in [0.5, 0.6) is 5.75 Å². The second-order valence-electron chi connectivity index (χ2n) is 3.84. The summed E-state index contributed by atoms with van der Waals surface area (Å²) in [5, 5.41) is 20.1. The Morgan fingerprint density at radius 3 is 2.93 bits per heavy atom. The molecule has 0 saturated heterocycles. The van der Waals surface area contributed by atoms with Crippen molar-refractivity contribution in [2.24, 2.45) is 5.92 Å². The number of aryl methyl sites for hydroxylation is 1. The Morgan fingerprint density at radius 2 is 2.27 bits per heavy atom. The predicted molar refractivity (Wildman–Crippen MR) is 63.8 cm³/mol. The highest BCUT2D eigenvalue weighted by molar-refractivity contribution is 8.03. The molecule has 1 aromatic carbocycles. The molecular formula is C12H15NOS. The number of aromatic hydroxyl groups is 1. The van der Waals surface area contributed by atoms with E-state index in [0.717, 1.165) is 23.3 Å². The Hall–Kier alpha value is -1.14. The number of nitriles is 1. The maximum absolute atomic E-state index is 9.64. The van der Waals surface area contributed by atoms with Crippen LogP contribution in [-0.4, -0.2) is 10.9 Å². The van der Waals surface area contributed by atoms with Crippen molar-refractivity contribution in [2.45, 2.75) is 20.3 Å². The van der Waals surface area contributed by atoms with Crippen LogP contribution in [0.3, 0.4) is 0 Å². The van der Waals surface area contributed by atoms with Crippen LogP contribution in [0.25, 0.3) is 0 Å². The summed E-state index contributed by atoms with van der Waals surface area (Å²) in [5.74, 6) is 1.57.